The highest BCUT2D eigenvalue weighted by atomic mass is 16.1. The Hall–Kier alpha value is -0.590. The molecular weight excluding hydrogens is 136 g/mol. The van der Waals surface area contributed by atoms with Crippen molar-refractivity contribution in [3.63, 3.8) is 0 Å². The van der Waals surface area contributed by atoms with Crippen molar-refractivity contribution in [2.75, 3.05) is 0 Å². The van der Waals surface area contributed by atoms with Crippen LogP contribution < -0.4 is 0 Å². The van der Waals surface area contributed by atoms with Crippen LogP contribution >= 0.6 is 0 Å². The first-order chi connectivity index (χ1) is 5.24. The highest BCUT2D eigenvalue weighted by Crippen LogP contribution is 2.30. The summed E-state index contributed by atoms with van der Waals surface area (Å²) < 4.78 is 0. The molecule has 62 valence electrons. The van der Waals surface area contributed by atoms with E-state index in [1.165, 1.54) is 5.57 Å². The van der Waals surface area contributed by atoms with Crippen molar-refractivity contribution in [3.8, 4) is 0 Å². The largest absolute Gasteiger partial charge is 0.303 e. The van der Waals surface area contributed by atoms with Gasteiger partial charge < -0.3 is 4.79 Å². The van der Waals surface area contributed by atoms with Crippen molar-refractivity contribution in [1.29, 1.82) is 0 Å². The molecule has 0 aromatic rings. The molecule has 0 amide bonds. The highest BCUT2D eigenvalue weighted by molar-refractivity contribution is 5.50. The lowest BCUT2D eigenvalue weighted by molar-refractivity contribution is -0.108. The number of carbonyl (C=O) groups excluding carboxylic acids is 1. The van der Waals surface area contributed by atoms with E-state index in [9.17, 15) is 4.79 Å². The van der Waals surface area contributed by atoms with E-state index in [-0.39, 0.29) is 0 Å². The van der Waals surface area contributed by atoms with Gasteiger partial charge in [0.2, 0.25) is 0 Å². The molecule has 1 atom stereocenters. The van der Waals surface area contributed by atoms with E-state index in [0.717, 1.165) is 25.5 Å². The molecule has 1 aliphatic carbocycles. The molecule has 0 aromatic heterocycles. The van der Waals surface area contributed by atoms with Gasteiger partial charge in [0.25, 0.3) is 0 Å². The van der Waals surface area contributed by atoms with Gasteiger partial charge in [0.05, 0.1) is 0 Å². The molecule has 0 saturated heterocycles. The summed E-state index contributed by atoms with van der Waals surface area (Å²) >= 11 is 0. The van der Waals surface area contributed by atoms with E-state index >= 15 is 0 Å². The van der Waals surface area contributed by atoms with Crippen molar-refractivity contribution >= 4 is 6.29 Å². The standard InChI is InChI=1S/C10H16O/c1-8(2)10-4-3-9(7-10)5-6-11/h4,6,8-9H,3,5,7H2,1-2H3. The minimum atomic E-state index is 0.616. The van der Waals surface area contributed by atoms with E-state index in [4.69, 9.17) is 0 Å². The van der Waals surface area contributed by atoms with Gasteiger partial charge in [-0.15, -0.1) is 0 Å². The zero-order valence-electron chi connectivity index (χ0n) is 7.34. The second kappa shape index (κ2) is 3.70. The summed E-state index contributed by atoms with van der Waals surface area (Å²) in [5.74, 6) is 1.29. The van der Waals surface area contributed by atoms with Crippen LogP contribution in [0.5, 0.6) is 0 Å². The minimum Gasteiger partial charge on any atom is -0.303 e. The summed E-state index contributed by atoms with van der Waals surface area (Å²) in [4.78, 5) is 10.2. The molecule has 1 nitrogen and oxygen atoms in total. The molecule has 0 saturated carbocycles. The molecule has 0 fully saturated rings. The number of hydrogen-bond donors (Lipinski definition) is 0. The molecular formula is C10H16O. The Balaban J connectivity index is 2.36. The smallest absolute Gasteiger partial charge is 0.120 e. The molecule has 11 heavy (non-hydrogen) atoms. The third-order valence-electron chi connectivity index (χ3n) is 2.41. The van der Waals surface area contributed by atoms with Gasteiger partial charge in [0.15, 0.2) is 0 Å². The van der Waals surface area contributed by atoms with Gasteiger partial charge in [-0.3, -0.25) is 0 Å². The molecule has 0 heterocycles. The van der Waals surface area contributed by atoms with Crippen LogP contribution in [0.25, 0.3) is 0 Å². The monoisotopic (exact) mass is 152 g/mol. The lowest BCUT2D eigenvalue weighted by Gasteiger charge is -2.08. The molecule has 0 aliphatic heterocycles. The second-order valence-corrected chi connectivity index (χ2v) is 3.64. The first-order valence-corrected chi connectivity index (χ1v) is 4.36. The lowest BCUT2D eigenvalue weighted by Crippen LogP contribution is -1.97. The van der Waals surface area contributed by atoms with Gasteiger partial charge in [0.1, 0.15) is 6.29 Å². The van der Waals surface area contributed by atoms with Crippen molar-refractivity contribution in [2.45, 2.75) is 33.1 Å². The Bertz CT molecular complexity index is 168. The van der Waals surface area contributed by atoms with Crippen molar-refractivity contribution in [2.24, 2.45) is 11.8 Å². The maximum Gasteiger partial charge on any atom is 0.120 e. The fourth-order valence-corrected chi connectivity index (χ4v) is 1.61. The Labute approximate surface area is 68.5 Å². The second-order valence-electron chi connectivity index (χ2n) is 3.64. The number of aldehydes is 1. The van der Waals surface area contributed by atoms with Crippen LogP contribution in [-0.4, -0.2) is 6.29 Å². The molecule has 1 unspecified atom stereocenters. The van der Waals surface area contributed by atoms with Crippen molar-refractivity contribution in [3.05, 3.63) is 11.6 Å². The Morgan fingerprint density at radius 2 is 2.45 bits per heavy atom. The SMILES string of the molecule is CC(C)C1=CCC(CC=O)C1. The van der Waals surface area contributed by atoms with Crippen LogP contribution in [0.1, 0.15) is 33.1 Å². The van der Waals surface area contributed by atoms with Gasteiger partial charge in [-0.25, -0.2) is 0 Å². The van der Waals surface area contributed by atoms with Gasteiger partial charge in [0, 0.05) is 6.42 Å². The van der Waals surface area contributed by atoms with Crippen LogP contribution in [0.4, 0.5) is 0 Å². The maximum atomic E-state index is 10.2. The molecule has 1 heteroatoms. The number of rotatable bonds is 3. The number of allylic oxidation sites excluding steroid dienone is 2. The van der Waals surface area contributed by atoms with Crippen LogP contribution in [0.2, 0.25) is 0 Å². The zero-order chi connectivity index (χ0) is 8.27. The summed E-state index contributed by atoms with van der Waals surface area (Å²) in [6.07, 6.45) is 6.36. The van der Waals surface area contributed by atoms with Crippen LogP contribution in [-0.2, 0) is 4.79 Å². The number of hydrogen-bond acceptors (Lipinski definition) is 1. The van der Waals surface area contributed by atoms with Crippen LogP contribution in [0.15, 0.2) is 11.6 Å². The van der Waals surface area contributed by atoms with Crippen molar-refractivity contribution < 1.29 is 4.79 Å². The van der Waals surface area contributed by atoms with E-state index in [1.807, 2.05) is 0 Å². The summed E-state index contributed by atoms with van der Waals surface area (Å²) in [5.41, 5.74) is 1.54. The summed E-state index contributed by atoms with van der Waals surface area (Å²) in [7, 11) is 0. The van der Waals surface area contributed by atoms with E-state index in [0.29, 0.717) is 11.8 Å². The Morgan fingerprint density at radius 1 is 1.73 bits per heavy atom. The quantitative estimate of drug-likeness (QED) is 0.448. The fourth-order valence-electron chi connectivity index (χ4n) is 1.61. The molecule has 0 N–H and O–H groups in total. The third kappa shape index (κ3) is 2.18. The number of carbonyl (C=O) groups is 1. The average molecular weight is 152 g/mol. The minimum absolute atomic E-state index is 0.616. The van der Waals surface area contributed by atoms with Gasteiger partial charge in [-0.2, -0.15) is 0 Å². The summed E-state index contributed by atoms with van der Waals surface area (Å²) in [6, 6.07) is 0. The molecule has 0 aromatic carbocycles. The van der Waals surface area contributed by atoms with Crippen molar-refractivity contribution in [1.82, 2.24) is 0 Å². The zero-order valence-corrected chi connectivity index (χ0v) is 7.34. The molecule has 0 spiro atoms. The third-order valence-corrected chi connectivity index (χ3v) is 2.41. The molecule has 0 radical (unpaired) electrons. The first kappa shape index (κ1) is 8.51. The van der Waals surface area contributed by atoms with Crippen LogP contribution in [0.3, 0.4) is 0 Å². The van der Waals surface area contributed by atoms with Gasteiger partial charge >= 0.3 is 0 Å². The van der Waals surface area contributed by atoms with E-state index in [1.54, 1.807) is 0 Å². The predicted molar refractivity (Wildman–Crippen MR) is 46.3 cm³/mol. The van der Waals surface area contributed by atoms with Gasteiger partial charge in [-0.05, 0) is 24.7 Å². The Kier molecular flexibility index (Phi) is 2.86. The summed E-state index contributed by atoms with van der Waals surface area (Å²) in [5, 5.41) is 0. The Morgan fingerprint density at radius 3 is 2.91 bits per heavy atom. The molecule has 0 bridgehead atoms. The average Bonchev–Trinajstić information content (AvgIpc) is 2.37. The van der Waals surface area contributed by atoms with Gasteiger partial charge in [-0.1, -0.05) is 25.5 Å². The predicted octanol–water partition coefficient (Wildman–Crippen LogP) is 2.57. The van der Waals surface area contributed by atoms with E-state index in [2.05, 4.69) is 19.9 Å². The topological polar surface area (TPSA) is 17.1 Å². The lowest BCUT2D eigenvalue weighted by atomic mass is 9.97. The molecule has 1 rings (SSSR count). The maximum absolute atomic E-state index is 10.2. The fraction of sp³-hybridized carbons (Fsp3) is 0.700. The normalized spacial score (nSPS) is 23.9. The highest BCUT2D eigenvalue weighted by Gasteiger charge is 2.17. The first-order valence-electron chi connectivity index (χ1n) is 4.36. The summed E-state index contributed by atoms with van der Waals surface area (Å²) in [6.45, 7) is 4.43. The van der Waals surface area contributed by atoms with Crippen LogP contribution in [0, 0.1) is 11.8 Å². The van der Waals surface area contributed by atoms with E-state index < -0.39 is 0 Å². The molecule has 1 aliphatic rings.